The quantitative estimate of drug-likeness (QED) is 0.400. The molecule has 0 spiro atoms. The van der Waals surface area contributed by atoms with Gasteiger partial charge in [-0.25, -0.2) is 4.79 Å². The topological polar surface area (TPSA) is 88.4 Å². The van der Waals surface area contributed by atoms with E-state index in [4.69, 9.17) is 5.26 Å². The van der Waals surface area contributed by atoms with Gasteiger partial charge in [0.2, 0.25) is 0 Å². The molecule has 1 N–H and O–H groups in total. The average Bonchev–Trinajstić information content (AvgIpc) is 2.14. The molecule has 0 aromatic carbocycles. The highest BCUT2D eigenvalue weighted by atomic mass is 16.5. The number of carbonyl (C=O) groups is 2. The number of methoxy groups -OCH3 is 1. The lowest BCUT2D eigenvalue weighted by molar-refractivity contribution is -0.116. The predicted octanol–water partition coefficient (Wildman–Crippen LogP) is 0.313. The molecule has 0 aliphatic rings. The van der Waals surface area contributed by atoms with Gasteiger partial charge in [0, 0.05) is 0 Å². The Labute approximate surface area is 81.1 Å². The maximum absolute atomic E-state index is 11.1. The fourth-order valence-electron chi connectivity index (χ4n) is 0.576. The van der Waals surface area contributed by atoms with E-state index in [-0.39, 0.29) is 12.2 Å². The van der Waals surface area contributed by atoms with Crippen LogP contribution in [-0.4, -0.2) is 25.7 Å². The van der Waals surface area contributed by atoms with Crippen LogP contribution < -0.4 is 5.32 Å². The van der Waals surface area contributed by atoms with Crippen molar-refractivity contribution in [1.82, 2.24) is 5.32 Å². The van der Waals surface area contributed by atoms with Gasteiger partial charge in [-0.05, 0) is 6.92 Å². The summed E-state index contributed by atoms with van der Waals surface area (Å²) >= 11 is 0. The summed E-state index contributed by atoms with van der Waals surface area (Å²) < 4.78 is 8.90. The van der Waals surface area contributed by atoms with Gasteiger partial charge in [-0.3, -0.25) is 10.1 Å². The van der Waals surface area contributed by atoms with Crippen LogP contribution in [0.4, 0.5) is 4.79 Å². The molecule has 76 valence electrons. The van der Waals surface area contributed by atoms with Crippen molar-refractivity contribution in [3.05, 3.63) is 11.8 Å². The Morgan fingerprint density at radius 2 is 2.21 bits per heavy atom. The van der Waals surface area contributed by atoms with Crippen LogP contribution in [0, 0.1) is 11.3 Å². The highest BCUT2D eigenvalue weighted by Crippen LogP contribution is 1.92. The standard InChI is InChI=1S/C8H10N2O4/c1-3-14-8(12)10-7(11)6(4-9)5-13-2/h5H,3H2,1-2H3,(H,10,11,12)/b6-5+. The third kappa shape index (κ3) is 4.11. The number of amides is 2. The molecule has 0 fully saturated rings. The summed E-state index contributed by atoms with van der Waals surface area (Å²) in [4.78, 5) is 21.8. The number of rotatable bonds is 3. The molecule has 0 aliphatic heterocycles. The minimum Gasteiger partial charge on any atom is -0.503 e. The zero-order valence-corrected chi connectivity index (χ0v) is 7.86. The molecule has 0 heterocycles. The smallest absolute Gasteiger partial charge is 0.414 e. The molecule has 0 rings (SSSR count). The van der Waals surface area contributed by atoms with Gasteiger partial charge in [0.25, 0.3) is 5.91 Å². The van der Waals surface area contributed by atoms with Gasteiger partial charge >= 0.3 is 6.09 Å². The van der Waals surface area contributed by atoms with Crippen LogP contribution in [0.1, 0.15) is 6.92 Å². The van der Waals surface area contributed by atoms with Gasteiger partial charge in [0.05, 0.1) is 13.7 Å². The van der Waals surface area contributed by atoms with Gasteiger partial charge in [-0.15, -0.1) is 0 Å². The molecule has 0 atom stereocenters. The highest BCUT2D eigenvalue weighted by Gasteiger charge is 2.13. The summed E-state index contributed by atoms with van der Waals surface area (Å²) in [6.07, 6.45) is 0.0453. The Balaban J connectivity index is 4.27. The number of alkyl carbamates (subject to hydrolysis) is 1. The highest BCUT2D eigenvalue weighted by molar-refractivity contribution is 6.04. The molecule has 6 nitrogen and oxygen atoms in total. The van der Waals surface area contributed by atoms with Gasteiger partial charge in [0.1, 0.15) is 12.3 Å². The Hall–Kier alpha value is -2.03. The fourth-order valence-corrected chi connectivity index (χ4v) is 0.576. The Morgan fingerprint density at radius 3 is 2.64 bits per heavy atom. The zero-order valence-electron chi connectivity index (χ0n) is 7.86. The van der Waals surface area contributed by atoms with E-state index in [1.54, 1.807) is 13.0 Å². The number of ether oxygens (including phenoxy) is 2. The normalized spacial score (nSPS) is 9.93. The average molecular weight is 198 g/mol. The van der Waals surface area contributed by atoms with Gasteiger partial charge < -0.3 is 9.47 Å². The van der Waals surface area contributed by atoms with Crippen LogP contribution in [-0.2, 0) is 14.3 Å². The maximum Gasteiger partial charge on any atom is 0.414 e. The third-order valence-corrected chi connectivity index (χ3v) is 1.09. The largest absolute Gasteiger partial charge is 0.503 e. The molecule has 14 heavy (non-hydrogen) atoms. The van der Waals surface area contributed by atoms with E-state index in [1.807, 2.05) is 5.32 Å². The maximum atomic E-state index is 11.1. The van der Waals surface area contributed by atoms with Crippen molar-refractivity contribution in [2.24, 2.45) is 0 Å². The molecule has 2 amide bonds. The lowest BCUT2D eigenvalue weighted by Gasteiger charge is -2.02. The molecule has 0 unspecified atom stereocenters. The van der Waals surface area contributed by atoms with Crippen molar-refractivity contribution in [2.45, 2.75) is 6.92 Å². The summed E-state index contributed by atoms with van der Waals surface area (Å²) in [5.41, 5.74) is -0.305. The molecule has 0 saturated heterocycles. The Morgan fingerprint density at radius 1 is 1.57 bits per heavy atom. The van der Waals surface area contributed by atoms with Crippen molar-refractivity contribution in [2.75, 3.05) is 13.7 Å². The van der Waals surface area contributed by atoms with E-state index in [1.165, 1.54) is 7.11 Å². The van der Waals surface area contributed by atoms with E-state index >= 15 is 0 Å². The molecule has 6 heteroatoms. The molecule has 0 aliphatic carbocycles. The molecule has 0 bridgehead atoms. The van der Waals surface area contributed by atoms with Crippen LogP contribution in [0.3, 0.4) is 0 Å². The van der Waals surface area contributed by atoms with Crippen molar-refractivity contribution in [1.29, 1.82) is 5.26 Å². The summed E-state index contributed by atoms with van der Waals surface area (Å²) in [6.45, 7) is 1.75. The van der Waals surface area contributed by atoms with E-state index in [2.05, 4.69) is 9.47 Å². The summed E-state index contributed by atoms with van der Waals surface area (Å²) in [6, 6.07) is 1.57. The Kier molecular flexibility index (Phi) is 5.54. The fraction of sp³-hybridized carbons (Fsp3) is 0.375. The third-order valence-electron chi connectivity index (χ3n) is 1.09. The first-order chi connectivity index (χ1) is 6.65. The molecular weight excluding hydrogens is 188 g/mol. The van der Waals surface area contributed by atoms with Crippen molar-refractivity contribution < 1.29 is 19.1 Å². The van der Waals surface area contributed by atoms with E-state index < -0.39 is 12.0 Å². The zero-order chi connectivity index (χ0) is 11.0. The summed E-state index contributed by atoms with van der Waals surface area (Å²) in [5.74, 6) is -0.854. The van der Waals surface area contributed by atoms with Crippen LogP contribution in [0.15, 0.2) is 11.8 Å². The van der Waals surface area contributed by atoms with E-state index in [9.17, 15) is 9.59 Å². The van der Waals surface area contributed by atoms with Gasteiger partial charge in [-0.2, -0.15) is 5.26 Å². The first kappa shape index (κ1) is 12.0. The summed E-state index contributed by atoms with van der Waals surface area (Å²) in [5, 5.41) is 10.3. The summed E-state index contributed by atoms with van der Waals surface area (Å²) in [7, 11) is 1.29. The number of hydrogen-bond acceptors (Lipinski definition) is 5. The number of nitriles is 1. The van der Waals surface area contributed by atoms with Gasteiger partial charge in [-0.1, -0.05) is 0 Å². The lowest BCUT2D eigenvalue weighted by atomic mass is 10.3. The predicted molar refractivity (Wildman–Crippen MR) is 45.9 cm³/mol. The van der Waals surface area contributed by atoms with Crippen molar-refractivity contribution >= 4 is 12.0 Å². The monoisotopic (exact) mass is 198 g/mol. The Bertz CT molecular complexity index is 290. The second-order valence-corrected chi connectivity index (χ2v) is 2.05. The molecule has 0 saturated carbocycles. The van der Waals surface area contributed by atoms with Crippen LogP contribution in [0.25, 0.3) is 0 Å². The van der Waals surface area contributed by atoms with Gasteiger partial charge in [0.15, 0.2) is 5.57 Å². The van der Waals surface area contributed by atoms with Crippen molar-refractivity contribution in [3.8, 4) is 6.07 Å². The van der Waals surface area contributed by atoms with Crippen LogP contribution >= 0.6 is 0 Å². The molecule has 0 aromatic heterocycles. The van der Waals surface area contributed by atoms with Crippen LogP contribution in [0.2, 0.25) is 0 Å². The first-order valence-corrected chi connectivity index (χ1v) is 3.76. The molecular formula is C8H10N2O4. The molecule has 0 radical (unpaired) electrons. The van der Waals surface area contributed by atoms with Crippen LogP contribution in [0.5, 0.6) is 0 Å². The number of hydrogen-bond donors (Lipinski definition) is 1. The minimum absolute atomic E-state index is 0.148. The number of nitrogens with zero attached hydrogens (tertiary/aromatic N) is 1. The number of imide groups is 1. The lowest BCUT2D eigenvalue weighted by Crippen LogP contribution is -2.31. The van der Waals surface area contributed by atoms with E-state index in [0.29, 0.717) is 0 Å². The van der Waals surface area contributed by atoms with E-state index in [0.717, 1.165) is 6.26 Å². The van der Waals surface area contributed by atoms with Crippen molar-refractivity contribution in [3.63, 3.8) is 0 Å². The second kappa shape index (κ2) is 6.48. The molecule has 0 aromatic rings. The minimum atomic E-state index is -0.894. The first-order valence-electron chi connectivity index (χ1n) is 3.76. The second-order valence-electron chi connectivity index (χ2n) is 2.05. The SMILES string of the molecule is CCOC(=O)NC(=O)/C(C#N)=C/OC. The number of carbonyl (C=O) groups excluding carboxylic acids is 2. The number of nitrogens with one attached hydrogen (secondary N) is 1.